The standard InChI is InChI=1S/C16H24BrNO3S/c1-4-7-21-15-6-5-14(17)9-16(15)22(19,20)18-10-12(2)8-13(3)11-18/h5-6,9,12-13H,4,7-8,10-11H2,1-3H3/t12-,13-/m1/s1. The van der Waals surface area contributed by atoms with Gasteiger partial charge in [-0.25, -0.2) is 8.42 Å². The Labute approximate surface area is 142 Å². The minimum Gasteiger partial charge on any atom is -0.492 e. The molecule has 0 spiro atoms. The van der Waals surface area contributed by atoms with Crippen molar-refractivity contribution in [3.8, 4) is 5.75 Å². The van der Waals surface area contributed by atoms with E-state index in [1.54, 1.807) is 16.4 Å². The van der Waals surface area contributed by atoms with Crippen molar-refractivity contribution in [1.29, 1.82) is 0 Å². The summed E-state index contributed by atoms with van der Waals surface area (Å²) in [7, 11) is -3.53. The van der Waals surface area contributed by atoms with Gasteiger partial charge in [-0.1, -0.05) is 36.7 Å². The van der Waals surface area contributed by atoms with Gasteiger partial charge >= 0.3 is 0 Å². The summed E-state index contributed by atoms with van der Waals surface area (Å²) in [6.45, 7) is 7.87. The summed E-state index contributed by atoms with van der Waals surface area (Å²) in [6, 6.07) is 5.18. The number of ether oxygens (including phenoxy) is 1. The molecule has 4 nitrogen and oxygen atoms in total. The van der Waals surface area contributed by atoms with Gasteiger partial charge in [0.2, 0.25) is 10.0 Å². The van der Waals surface area contributed by atoms with Crippen LogP contribution in [0.5, 0.6) is 5.75 Å². The molecule has 1 aliphatic heterocycles. The third-order valence-corrected chi connectivity index (χ3v) is 6.17. The van der Waals surface area contributed by atoms with E-state index in [2.05, 4.69) is 29.8 Å². The molecule has 1 aromatic rings. The molecule has 1 aliphatic rings. The van der Waals surface area contributed by atoms with Crippen molar-refractivity contribution in [1.82, 2.24) is 4.31 Å². The first-order valence-electron chi connectivity index (χ1n) is 7.77. The summed E-state index contributed by atoms with van der Waals surface area (Å²) >= 11 is 3.37. The molecule has 0 unspecified atom stereocenters. The van der Waals surface area contributed by atoms with Crippen molar-refractivity contribution in [3.05, 3.63) is 22.7 Å². The summed E-state index contributed by atoms with van der Waals surface area (Å²) < 4.78 is 34.1. The molecule has 1 saturated heterocycles. The molecule has 0 amide bonds. The van der Waals surface area contributed by atoms with Crippen LogP contribution in [0.15, 0.2) is 27.6 Å². The molecule has 0 aliphatic carbocycles. The topological polar surface area (TPSA) is 46.6 Å². The Bertz CT molecular complexity index is 608. The van der Waals surface area contributed by atoms with Gasteiger partial charge in [0.1, 0.15) is 10.6 Å². The first-order chi connectivity index (χ1) is 10.3. The number of hydrogen-bond donors (Lipinski definition) is 0. The lowest BCUT2D eigenvalue weighted by atomic mass is 9.94. The predicted molar refractivity (Wildman–Crippen MR) is 91.6 cm³/mol. The van der Waals surface area contributed by atoms with Crippen molar-refractivity contribution in [2.24, 2.45) is 11.8 Å². The molecular weight excluding hydrogens is 366 g/mol. The molecular formula is C16H24BrNO3S. The van der Waals surface area contributed by atoms with E-state index in [9.17, 15) is 8.42 Å². The van der Waals surface area contributed by atoms with E-state index in [0.29, 0.717) is 37.3 Å². The number of hydrogen-bond acceptors (Lipinski definition) is 3. The fourth-order valence-corrected chi connectivity index (χ4v) is 5.31. The second-order valence-corrected chi connectivity index (χ2v) is 9.03. The molecule has 0 bridgehead atoms. The Morgan fingerprint density at radius 1 is 1.27 bits per heavy atom. The molecule has 2 rings (SSSR count). The van der Waals surface area contributed by atoms with E-state index in [1.165, 1.54) is 0 Å². The Morgan fingerprint density at radius 2 is 1.91 bits per heavy atom. The van der Waals surface area contributed by atoms with Crippen LogP contribution >= 0.6 is 15.9 Å². The maximum atomic E-state index is 13.0. The minimum atomic E-state index is -3.53. The molecule has 124 valence electrons. The molecule has 1 heterocycles. The van der Waals surface area contributed by atoms with Crippen LogP contribution in [0.1, 0.15) is 33.6 Å². The van der Waals surface area contributed by atoms with Gasteiger partial charge < -0.3 is 4.74 Å². The van der Waals surface area contributed by atoms with Crippen LogP contribution in [0.3, 0.4) is 0 Å². The van der Waals surface area contributed by atoms with Crippen molar-refractivity contribution < 1.29 is 13.2 Å². The number of nitrogens with zero attached hydrogens (tertiary/aromatic N) is 1. The van der Waals surface area contributed by atoms with Crippen LogP contribution in [0.4, 0.5) is 0 Å². The predicted octanol–water partition coefficient (Wildman–Crippen LogP) is 3.90. The highest BCUT2D eigenvalue weighted by Crippen LogP contribution is 2.33. The van der Waals surface area contributed by atoms with E-state index >= 15 is 0 Å². The second kappa shape index (κ2) is 7.32. The fourth-order valence-electron chi connectivity index (χ4n) is 2.96. The Hall–Kier alpha value is -0.590. The monoisotopic (exact) mass is 389 g/mol. The van der Waals surface area contributed by atoms with Crippen LogP contribution < -0.4 is 4.74 Å². The number of halogens is 1. The SMILES string of the molecule is CCCOc1ccc(Br)cc1S(=O)(=O)N1C[C@H](C)C[C@@H](C)C1. The highest BCUT2D eigenvalue weighted by molar-refractivity contribution is 9.10. The smallest absolute Gasteiger partial charge is 0.246 e. The molecule has 1 aromatic carbocycles. The highest BCUT2D eigenvalue weighted by Gasteiger charge is 2.33. The van der Waals surface area contributed by atoms with E-state index in [-0.39, 0.29) is 4.90 Å². The lowest BCUT2D eigenvalue weighted by molar-refractivity contribution is 0.221. The molecule has 2 atom stereocenters. The number of piperidine rings is 1. The second-order valence-electron chi connectivity index (χ2n) is 6.21. The zero-order chi connectivity index (χ0) is 16.3. The number of benzene rings is 1. The summed E-state index contributed by atoms with van der Waals surface area (Å²) in [5, 5.41) is 0. The Balaban J connectivity index is 2.37. The average Bonchev–Trinajstić information content (AvgIpc) is 2.45. The summed E-state index contributed by atoms with van der Waals surface area (Å²) in [6.07, 6.45) is 1.91. The number of rotatable bonds is 5. The van der Waals surface area contributed by atoms with Gasteiger partial charge in [0.25, 0.3) is 0 Å². The Kier molecular flexibility index (Phi) is 5.91. The van der Waals surface area contributed by atoms with Gasteiger partial charge in [0, 0.05) is 17.6 Å². The van der Waals surface area contributed by atoms with Crippen molar-refractivity contribution in [2.75, 3.05) is 19.7 Å². The Morgan fingerprint density at radius 3 is 2.50 bits per heavy atom. The van der Waals surface area contributed by atoms with Gasteiger partial charge in [-0.2, -0.15) is 4.31 Å². The number of sulfonamides is 1. The molecule has 22 heavy (non-hydrogen) atoms. The zero-order valence-corrected chi connectivity index (χ0v) is 15.8. The first kappa shape index (κ1) is 17.8. The van der Waals surface area contributed by atoms with Crippen LogP contribution in [0.2, 0.25) is 0 Å². The minimum absolute atomic E-state index is 0.261. The van der Waals surface area contributed by atoms with E-state index in [4.69, 9.17) is 4.74 Å². The quantitative estimate of drug-likeness (QED) is 0.766. The summed E-state index contributed by atoms with van der Waals surface area (Å²) in [5.41, 5.74) is 0. The van der Waals surface area contributed by atoms with Crippen LogP contribution in [0.25, 0.3) is 0 Å². The molecule has 0 aromatic heterocycles. The van der Waals surface area contributed by atoms with Crippen molar-refractivity contribution >= 4 is 26.0 Å². The van der Waals surface area contributed by atoms with E-state index in [0.717, 1.165) is 17.3 Å². The van der Waals surface area contributed by atoms with Gasteiger partial charge in [-0.05, 0) is 42.9 Å². The van der Waals surface area contributed by atoms with Gasteiger partial charge in [0.15, 0.2) is 0 Å². The van der Waals surface area contributed by atoms with Gasteiger partial charge in [-0.3, -0.25) is 0 Å². The molecule has 0 radical (unpaired) electrons. The van der Waals surface area contributed by atoms with Crippen LogP contribution in [-0.2, 0) is 10.0 Å². The summed E-state index contributed by atoms with van der Waals surface area (Å²) in [5.74, 6) is 1.20. The normalized spacial score (nSPS) is 23.5. The maximum absolute atomic E-state index is 13.0. The lowest BCUT2D eigenvalue weighted by Gasteiger charge is -2.34. The molecule has 0 saturated carbocycles. The lowest BCUT2D eigenvalue weighted by Crippen LogP contribution is -2.42. The maximum Gasteiger partial charge on any atom is 0.246 e. The van der Waals surface area contributed by atoms with E-state index in [1.807, 2.05) is 13.0 Å². The van der Waals surface area contributed by atoms with Gasteiger partial charge in [0.05, 0.1) is 6.61 Å². The molecule has 1 fully saturated rings. The average molecular weight is 390 g/mol. The third-order valence-electron chi connectivity index (χ3n) is 3.82. The molecule has 6 heteroatoms. The highest BCUT2D eigenvalue weighted by atomic mass is 79.9. The third kappa shape index (κ3) is 4.03. The largest absolute Gasteiger partial charge is 0.492 e. The molecule has 0 N–H and O–H groups in total. The van der Waals surface area contributed by atoms with E-state index < -0.39 is 10.0 Å². The van der Waals surface area contributed by atoms with Crippen molar-refractivity contribution in [2.45, 2.75) is 38.5 Å². The zero-order valence-electron chi connectivity index (χ0n) is 13.4. The van der Waals surface area contributed by atoms with Crippen LogP contribution in [-0.4, -0.2) is 32.4 Å². The fraction of sp³-hybridized carbons (Fsp3) is 0.625. The van der Waals surface area contributed by atoms with Crippen molar-refractivity contribution in [3.63, 3.8) is 0 Å². The first-order valence-corrected chi connectivity index (χ1v) is 10.0. The summed E-state index contributed by atoms with van der Waals surface area (Å²) in [4.78, 5) is 0.261. The van der Waals surface area contributed by atoms with Crippen LogP contribution in [0, 0.1) is 11.8 Å². The van der Waals surface area contributed by atoms with Gasteiger partial charge in [-0.15, -0.1) is 0 Å².